The highest BCUT2D eigenvalue weighted by atomic mass is 127. The highest BCUT2D eigenvalue weighted by Gasteiger charge is 2.23. The Bertz CT molecular complexity index is 1200. The first kappa shape index (κ1) is 25.3. The maximum Gasteiger partial charge on any atom is 0.286 e. The zero-order valence-corrected chi connectivity index (χ0v) is 21.7. The summed E-state index contributed by atoms with van der Waals surface area (Å²) in [5.41, 5.74) is 1.15. The second kappa shape index (κ2) is 11.2. The molecular weight excluding hydrogens is 604 g/mol. The Hall–Kier alpha value is -2.28. The lowest BCUT2D eigenvalue weighted by Crippen LogP contribution is -2.23. The van der Waals surface area contributed by atoms with E-state index in [1.807, 2.05) is 22.6 Å². The fourth-order valence-electron chi connectivity index (χ4n) is 2.64. The topological polar surface area (TPSA) is 106 Å². The summed E-state index contributed by atoms with van der Waals surface area (Å²) in [6.45, 7) is 1.07. The van der Waals surface area contributed by atoms with Gasteiger partial charge in [0.1, 0.15) is 0 Å². The van der Waals surface area contributed by atoms with Crippen LogP contribution in [0.3, 0.4) is 0 Å². The van der Waals surface area contributed by atoms with Gasteiger partial charge in [0.05, 0.1) is 25.6 Å². The van der Waals surface area contributed by atoms with Gasteiger partial charge in [-0.3, -0.25) is 14.4 Å². The highest BCUT2D eigenvalue weighted by molar-refractivity contribution is 14.1. The van der Waals surface area contributed by atoms with Gasteiger partial charge in [0, 0.05) is 12.6 Å². The number of halogens is 3. The molecule has 2 N–H and O–H groups in total. The zero-order valence-electron chi connectivity index (χ0n) is 17.2. The molecule has 2 aromatic rings. The average molecular weight is 620 g/mol. The van der Waals surface area contributed by atoms with Crippen LogP contribution >= 0.6 is 57.6 Å². The quantitative estimate of drug-likeness (QED) is 0.358. The maximum absolute atomic E-state index is 12.3. The number of ether oxygens (including phenoxy) is 2. The van der Waals surface area contributed by atoms with Gasteiger partial charge in [-0.2, -0.15) is 4.99 Å². The molecule has 0 fully saturated rings. The van der Waals surface area contributed by atoms with Crippen LogP contribution in [0.1, 0.15) is 12.5 Å². The maximum atomic E-state index is 12.3. The van der Waals surface area contributed by atoms with Gasteiger partial charge in [0.15, 0.2) is 23.3 Å². The molecular formula is C21H16Cl2IN3O5S. The number of anilines is 1. The van der Waals surface area contributed by atoms with Gasteiger partial charge in [-0.05, 0) is 76.3 Å². The summed E-state index contributed by atoms with van der Waals surface area (Å²) in [4.78, 5) is 39.7. The number of hydrogen-bond acceptors (Lipinski definition) is 6. The summed E-state index contributed by atoms with van der Waals surface area (Å²) in [6.07, 6.45) is 1.64. The summed E-state index contributed by atoms with van der Waals surface area (Å²) >= 11 is 15.0. The van der Waals surface area contributed by atoms with Crippen LogP contribution in [0, 0.1) is 3.57 Å². The summed E-state index contributed by atoms with van der Waals surface area (Å²) in [5, 5.41) is 6.11. The van der Waals surface area contributed by atoms with E-state index >= 15 is 0 Å². The van der Waals surface area contributed by atoms with Crippen molar-refractivity contribution in [3.05, 3.63) is 54.4 Å². The van der Waals surface area contributed by atoms with Crippen LogP contribution in [0.5, 0.6) is 11.5 Å². The monoisotopic (exact) mass is 619 g/mol. The van der Waals surface area contributed by atoms with Gasteiger partial charge in [-0.25, -0.2) is 0 Å². The highest BCUT2D eigenvalue weighted by Crippen LogP contribution is 2.36. The second-order valence-corrected chi connectivity index (χ2v) is 9.52. The first-order chi connectivity index (χ1) is 15.7. The minimum Gasteiger partial charge on any atom is -0.493 e. The fraction of sp³-hybridized carbons (Fsp3) is 0.143. The van der Waals surface area contributed by atoms with Gasteiger partial charge in [-0.15, -0.1) is 0 Å². The number of methoxy groups -OCH3 is 1. The number of amidine groups is 1. The Balaban J connectivity index is 1.70. The molecule has 3 rings (SSSR count). The van der Waals surface area contributed by atoms with Crippen LogP contribution in [0.2, 0.25) is 10.0 Å². The number of benzene rings is 2. The molecule has 1 heterocycles. The molecule has 0 radical (unpaired) electrons. The molecule has 1 aliphatic heterocycles. The van der Waals surface area contributed by atoms with Gasteiger partial charge in [0.25, 0.3) is 11.8 Å². The van der Waals surface area contributed by atoms with Crippen LogP contribution in [-0.2, 0) is 14.4 Å². The van der Waals surface area contributed by atoms with Crippen LogP contribution in [0.4, 0.5) is 5.69 Å². The third kappa shape index (κ3) is 6.85. The van der Waals surface area contributed by atoms with E-state index in [0.717, 1.165) is 11.8 Å². The SMILES string of the molecule is COc1cc(/C=C2/SC(NC(C)=O)=NC2=O)cc(I)c1OCC(=O)Nc1ccc(Cl)c(Cl)c1. The largest absolute Gasteiger partial charge is 0.493 e. The van der Waals surface area contributed by atoms with Crippen molar-refractivity contribution in [3.63, 3.8) is 0 Å². The van der Waals surface area contributed by atoms with Crippen LogP contribution in [0.15, 0.2) is 40.2 Å². The lowest BCUT2D eigenvalue weighted by atomic mass is 10.2. The number of nitrogens with one attached hydrogen (secondary N) is 2. The van der Waals surface area contributed by atoms with Crippen LogP contribution < -0.4 is 20.1 Å². The Morgan fingerprint density at radius 2 is 1.94 bits per heavy atom. The fourth-order valence-corrected chi connectivity index (χ4v) is 4.58. The standard InChI is InChI=1S/C21H16Cl2IN3O5S/c1-10(28)25-21-27-20(30)17(33-21)7-11-5-15(24)19(16(6-11)31-2)32-9-18(29)26-12-3-4-13(22)14(23)8-12/h3-8H,9H2,1-2H3,(H,26,29)(H,25,27,28,30)/b17-7+. The Kier molecular flexibility index (Phi) is 8.63. The van der Waals surface area contributed by atoms with Crippen molar-refractivity contribution in [2.24, 2.45) is 4.99 Å². The van der Waals surface area contributed by atoms with Crippen molar-refractivity contribution in [2.45, 2.75) is 6.92 Å². The van der Waals surface area contributed by atoms with Gasteiger partial charge >= 0.3 is 0 Å². The Morgan fingerprint density at radius 3 is 2.61 bits per heavy atom. The van der Waals surface area contributed by atoms with Crippen molar-refractivity contribution in [1.29, 1.82) is 0 Å². The Morgan fingerprint density at radius 1 is 1.18 bits per heavy atom. The van der Waals surface area contributed by atoms with Crippen molar-refractivity contribution < 1.29 is 23.9 Å². The molecule has 0 spiro atoms. The van der Waals surface area contributed by atoms with Crippen molar-refractivity contribution in [2.75, 3.05) is 19.0 Å². The molecule has 0 saturated carbocycles. The number of hydrogen-bond donors (Lipinski definition) is 2. The van der Waals surface area contributed by atoms with Gasteiger partial charge < -0.3 is 20.1 Å². The molecule has 172 valence electrons. The molecule has 12 heteroatoms. The summed E-state index contributed by atoms with van der Waals surface area (Å²) in [6, 6.07) is 8.19. The normalized spacial score (nSPS) is 14.2. The number of thioether (sulfide) groups is 1. The third-order valence-electron chi connectivity index (χ3n) is 4.00. The molecule has 8 nitrogen and oxygen atoms in total. The number of rotatable bonds is 6. The molecule has 0 aromatic heterocycles. The average Bonchev–Trinajstić information content (AvgIpc) is 3.07. The van der Waals surface area contributed by atoms with E-state index in [0.29, 0.717) is 41.3 Å². The van der Waals surface area contributed by atoms with Crippen LogP contribution in [0.25, 0.3) is 6.08 Å². The summed E-state index contributed by atoms with van der Waals surface area (Å²) in [7, 11) is 1.47. The van der Waals surface area contributed by atoms with Gasteiger partial charge in [-0.1, -0.05) is 23.2 Å². The molecule has 1 aliphatic rings. The van der Waals surface area contributed by atoms with E-state index in [1.54, 1.807) is 30.3 Å². The number of carbonyl (C=O) groups is 3. The minimum atomic E-state index is -0.447. The van der Waals surface area contributed by atoms with E-state index in [2.05, 4.69) is 15.6 Å². The van der Waals surface area contributed by atoms with E-state index in [4.69, 9.17) is 32.7 Å². The molecule has 33 heavy (non-hydrogen) atoms. The smallest absolute Gasteiger partial charge is 0.286 e. The zero-order chi connectivity index (χ0) is 24.1. The third-order valence-corrected chi connectivity index (χ3v) is 6.44. The van der Waals surface area contributed by atoms with Crippen molar-refractivity contribution >= 4 is 92.2 Å². The first-order valence-electron chi connectivity index (χ1n) is 9.21. The summed E-state index contributed by atoms with van der Waals surface area (Å²) in [5.74, 6) is -0.388. The van der Waals surface area contributed by atoms with Crippen LogP contribution in [-0.4, -0.2) is 36.6 Å². The molecule has 0 aliphatic carbocycles. The minimum absolute atomic E-state index is 0.230. The first-order valence-corrected chi connectivity index (χ1v) is 11.9. The van der Waals surface area contributed by atoms with E-state index < -0.39 is 11.8 Å². The molecule has 0 bridgehead atoms. The van der Waals surface area contributed by atoms with Gasteiger partial charge in [0.2, 0.25) is 5.91 Å². The van der Waals surface area contributed by atoms with E-state index in [9.17, 15) is 14.4 Å². The predicted molar refractivity (Wildman–Crippen MR) is 138 cm³/mol. The van der Waals surface area contributed by atoms with E-state index in [1.165, 1.54) is 20.1 Å². The molecule has 0 unspecified atom stereocenters. The number of carbonyl (C=O) groups excluding carboxylic acids is 3. The predicted octanol–water partition coefficient (Wildman–Crippen LogP) is 4.73. The molecule has 0 saturated heterocycles. The lowest BCUT2D eigenvalue weighted by molar-refractivity contribution is -0.118. The second-order valence-electron chi connectivity index (χ2n) is 6.51. The van der Waals surface area contributed by atoms with Crippen molar-refractivity contribution in [3.8, 4) is 11.5 Å². The number of amides is 3. The number of nitrogens with zero attached hydrogens (tertiary/aromatic N) is 1. The Labute approximate surface area is 217 Å². The summed E-state index contributed by atoms with van der Waals surface area (Å²) < 4.78 is 11.8. The number of aliphatic imine (C=N–C) groups is 1. The molecule has 3 amide bonds. The molecule has 2 aromatic carbocycles. The van der Waals surface area contributed by atoms with Crippen molar-refractivity contribution in [1.82, 2.24) is 5.32 Å². The lowest BCUT2D eigenvalue weighted by Gasteiger charge is -2.14. The molecule has 0 atom stereocenters. The van der Waals surface area contributed by atoms with E-state index in [-0.39, 0.29) is 17.7 Å².